The van der Waals surface area contributed by atoms with Crippen LogP contribution in [0.1, 0.15) is 44.2 Å². The molecule has 0 aliphatic carbocycles. The number of hydrogen-bond donors (Lipinski definition) is 1. The third kappa shape index (κ3) is 8.56. The van der Waals surface area contributed by atoms with Gasteiger partial charge in [-0.2, -0.15) is 0 Å². The molecule has 3 aromatic carbocycles. The minimum absolute atomic E-state index is 0.0718. The summed E-state index contributed by atoms with van der Waals surface area (Å²) in [5, 5.41) is 2.94. The zero-order chi connectivity index (χ0) is 30.0. The fourth-order valence-electron chi connectivity index (χ4n) is 4.37. The number of hydrogen-bond acceptors (Lipinski definition) is 5. The van der Waals surface area contributed by atoms with Gasteiger partial charge in [-0.3, -0.25) is 13.9 Å². The number of unbranched alkanes of at least 4 members (excludes halogenated alkanes) is 1. The van der Waals surface area contributed by atoms with Gasteiger partial charge in [0.2, 0.25) is 11.8 Å². The fourth-order valence-corrected chi connectivity index (χ4v) is 6.05. The van der Waals surface area contributed by atoms with Crippen LogP contribution in [-0.4, -0.2) is 51.4 Å². The molecule has 3 aromatic rings. The first kappa shape index (κ1) is 32.1. The van der Waals surface area contributed by atoms with Gasteiger partial charge in [0.15, 0.2) is 0 Å². The lowest BCUT2D eigenvalue weighted by Crippen LogP contribution is -2.52. The maximum absolute atomic E-state index is 14.1. The predicted molar refractivity (Wildman–Crippen MR) is 165 cm³/mol. The average molecular weight is 645 g/mol. The second-order valence-electron chi connectivity index (χ2n) is 9.74. The molecule has 2 amide bonds. The first-order chi connectivity index (χ1) is 19.6. The lowest BCUT2D eigenvalue weighted by atomic mass is 10.1. The van der Waals surface area contributed by atoms with Crippen molar-refractivity contribution in [2.24, 2.45) is 0 Å². The third-order valence-electron chi connectivity index (χ3n) is 6.71. The van der Waals surface area contributed by atoms with Gasteiger partial charge in [-0.25, -0.2) is 8.42 Å². The van der Waals surface area contributed by atoms with Crippen LogP contribution in [0.4, 0.5) is 5.69 Å². The lowest BCUT2D eigenvalue weighted by molar-refractivity contribution is -0.140. The van der Waals surface area contributed by atoms with Crippen LogP contribution < -0.4 is 14.4 Å². The van der Waals surface area contributed by atoms with Crippen LogP contribution in [0.5, 0.6) is 5.75 Å². The van der Waals surface area contributed by atoms with Gasteiger partial charge in [-0.05, 0) is 73.9 Å². The van der Waals surface area contributed by atoms with Crippen LogP contribution >= 0.6 is 15.9 Å². The minimum atomic E-state index is -4.12. The van der Waals surface area contributed by atoms with Crippen LogP contribution in [-0.2, 0) is 26.2 Å². The van der Waals surface area contributed by atoms with E-state index in [0.29, 0.717) is 24.4 Å². The Hall–Kier alpha value is -3.37. The summed E-state index contributed by atoms with van der Waals surface area (Å²) in [5.74, 6) is -0.147. The molecule has 0 fully saturated rings. The van der Waals surface area contributed by atoms with Gasteiger partial charge >= 0.3 is 0 Å². The van der Waals surface area contributed by atoms with Crippen LogP contribution in [0.2, 0.25) is 0 Å². The smallest absolute Gasteiger partial charge is 0.264 e. The van der Waals surface area contributed by atoms with E-state index in [0.717, 1.165) is 32.7 Å². The van der Waals surface area contributed by atoms with Crippen LogP contribution in [0.15, 0.2) is 82.2 Å². The molecule has 220 valence electrons. The van der Waals surface area contributed by atoms with Crippen molar-refractivity contribution in [3.8, 4) is 5.75 Å². The zero-order valence-electron chi connectivity index (χ0n) is 24.0. The number of carbonyl (C=O) groups excluding carboxylic acids is 2. The summed E-state index contributed by atoms with van der Waals surface area (Å²) in [4.78, 5) is 28.9. The molecule has 0 saturated carbocycles. The summed E-state index contributed by atoms with van der Waals surface area (Å²) < 4.78 is 35.1. The number of nitrogens with one attached hydrogen (secondary N) is 1. The van der Waals surface area contributed by atoms with Gasteiger partial charge in [0.05, 0.1) is 17.7 Å². The van der Waals surface area contributed by atoms with Gasteiger partial charge < -0.3 is 15.0 Å². The molecular formula is C31H38BrN3O5S. The second kappa shape index (κ2) is 15.0. The fraction of sp³-hybridized carbons (Fsp3) is 0.355. The molecule has 0 saturated heterocycles. The Bertz CT molecular complexity index is 1410. The Morgan fingerprint density at radius 2 is 1.68 bits per heavy atom. The number of methoxy groups -OCH3 is 1. The van der Waals surface area contributed by atoms with Crippen molar-refractivity contribution in [1.29, 1.82) is 0 Å². The van der Waals surface area contributed by atoms with Crippen molar-refractivity contribution in [3.05, 3.63) is 88.4 Å². The van der Waals surface area contributed by atoms with Crippen molar-refractivity contribution in [1.82, 2.24) is 10.2 Å². The highest BCUT2D eigenvalue weighted by Gasteiger charge is 2.33. The van der Waals surface area contributed by atoms with E-state index in [1.165, 1.54) is 17.0 Å². The molecular weight excluding hydrogens is 606 g/mol. The molecule has 0 bridgehead atoms. The van der Waals surface area contributed by atoms with Crippen molar-refractivity contribution < 1.29 is 22.7 Å². The maximum atomic E-state index is 14.1. The largest absolute Gasteiger partial charge is 0.497 e. The van der Waals surface area contributed by atoms with Gasteiger partial charge in [0.25, 0.3) is 10.0 Å². The molecule has 0 heterocycles. The number of rotatable bonds is 14. The van der Waals surface area contributed by atoms with Crippen LogP contribution in [0.25, 0.3) is 0 Å². The zero-order valence-corrected chi connectivity index (χ0v) is 26.4. The number of halogens is 1. The summed E-state index contributed by atoms with van der Waals surface area (Å²) in [5.41, 5.74) is 2.01. The summed E-state index contributed by atoms with van der Waals surface area (Å²) in [6, 6.07) is 19.7. The van der Waals surface area contributed by atoms with E-state index in [1.54, 1.807) is 55.6 Å². The van der Waals surface area contributed by atoms with Crippen LogP contribution in [0, 0.1) is 6.92 Å². The summed E-state index contributed by atoms with van der Waals surface area (Å²) in [6.07, 6.45) is 2.09. The van der Waals surface area contributed by atoms with Crippen molar-refractivity contribution in [2.45, 2.75) is 57.5 Å². The Balaban J connectivity index is 2.04. The van der Waals surface area contributed by atoms with E-state index < -0.39 is 28.5 Å². The molecule has 1 unspecified atom stereocenters. The topological polar surface area (TPSA) is 96.0 Å². The molecule has 0 aromatic heterocycles. The Morgan fingerprint density at radius 3 is 2.29 bits per heavy atom. The van der Waals surface area contributed by atoms with E-state index in [4.69, 9.17) is 4.74 Å². The van der Waals surface area contributed by atoms with Crippen molar-refractivity contribution in [2.75, 3.05) is 24.5 Å². The standard InChI is InChI=1S/C31H38BrN3O5S/c1-5-7-19-33-31(37)29(6-2)34(21-24-9-8-10-27(20-24)40-4)30(36)22-35(26-15-13-25(32)14-16-26)41(38,39)28-17-11-23(3)12-18-28/h8-18,20,29H,5-7,19,21-22H2,1-4H3,(H,33,37). The van der Waals surface area contributed by atoms with Gasteiger partial charge in [-0.15, -0.1) is 0 Å². The summed E-state index contributed by atoms with van der Waals surface area (Å²) >= 11 is 3.39. The lowest BCUT2D eigenvalue weighted by Gasteiger charge is -2.33. The summed E-state index contributed by atoms with van der Waals surface area (Å²) in [6.45, 7) is 5.87. The van der Waals surface area contributed by atoms with Crippen molar-refractivity contribution in [3.63, 3.8) is 0 Å². The molecule has 41 heavy (non-hydrogen) atoms. The Kier molecular flexibility index (Phi) is 11.8. The molecule has 1 atom stereocenters. The highest BCUT2D eigenvalue weighted by molar-refractivity contribution is 9.10. The first-order valence-electron chi connectivity index (χ1n) is 13.7. The Labute approximate surface area is 251 Å². The molecule has 1 N–H and O–H groups in total. The molecule has 3 rings (SSSR count). The molecule has 8 nitrogen and oxygen atoms in total. The highest BCUT2D eigenvalue weighted by atomic mass is 79.9. The van der Waals surface area contributed by atoms with Gasteiger partial charge in [0.1, 0.15) is 18.3 Å². The molecule has 0 radical (unpaired) electrons. The number of sulfonamides is 1. The third-order valence-corrected chi connectivity index (χ3v) is 9.02. The van der Waals surface area contributed by atoms with E-state index >= 15 is 0 Å². The number of benzene rings is 3. The molecule has 0 aliphatic heterocycles. The quantitative estimate of drug-likeness (QED) is 0.228. The van der Waals surface area contributed by atoms with Gasteiger partial charge in [0, 0.05) is 17.6 Å². The van der Waals surface area contributed by atoms with E-state index in [-0.39, 0.29) is 17.3 Å². The van der Waals surface area contributed by atoms with Crippen molar-refractivity contribution >= 4 is 43.5 Å². The molecule has 0 spiro atoms. The monoisotopic (exact) mass is 643 g/mol. The average Bonchev–Trinajstić information content (AvgIpc) is 2.96. The summed E-state index contributed by atoms with van der Waals surface area (Å²) in [7, 11) is -2.56. The van der Waals surface area contributed by atoms with Gasteiger partial charge in [-0.1, -0.05) is 66.0 Å². The van der Waals surface area contributed by atoms with E-state index in [2.05, 4.69) is 21.2 Å². The maximum Gasteiger partial charge on any atom is 0.264 e. The van der Waals surface area contributed by atoms with E-state index in [9.17, 15) is 18.0 Å². The SMILES string of the molecule is CCCCNC(=O)C(CC)N(Cc1cccc(OC)c1)C(=O)CN(c1ccc(Br)cc1)S(=O)(=O)c1ccc(C)cc1. The van der Waals surface area contributed by atoms with Crippen LogP contribution in [0.3, 0.4) is 0 Å². The molecule has 10 heteroatoms. The van der Waals surface area contributed by atoms with E-state index in [1.807, 2.05) is 32.9 Å². The predicted octanol–water partition coefficient (Wildman–Crippen LogP) is 5.69. The molecule has 0 aliphatic rings. The number of nitrogens with zero attached hydrogens (tertiary/aromatic N) is 2. The Morgan fingerprint density at radius 1 is 1.00 bits per heavy atom. The normalized spacial score (nSPS) is 11.9. The first-order valence-corrected chi connectivity index (χ1v) is 15.9. The number of aryl methyl sites for hydroxylation is 1. The number of amides is 2. The number of ether oxygens (including phenoxy) is 1. The number of anilines is 1. The number of carbonyl (C=O) groups is 2. The minimum Gasteiger partial charge on any atom is -0.497 e. The second-order valence-corrected chi connectivity index (χ2v) is 12.5. The highest BCUT2D eigenvalue weighted by Crippen LogP contribution is 2.27.